The number of carbonyl (C=O) groups is 1. The van der Waals surface area contributed by atoms with Crippen LogP contribution in [0.4, 0.5) is 18.9 Å². The molecule has 0 unspecified atom stereocenters. The van der Waals surface area contributed by atoms with Crippen molar-refractivity contribution in [3.05, 3.63) is 77.1 Å². The minimum Gasteiger partial charge on any atom is -0.338 e. The normalized spacial score (nSPS) is 11.6. The summed E-state index contributed by atoms with van der Waals surface area (Å²) in [5, 5.41) is 2.67. The van der Waals surface area contributed by atoms with Crippen LogP contribution >= 0.6 is 11.6 Å². The highest BCUT2D eigenvalue weighted by atomic mass is 35.5. The summed E-state index contributed by atoms with van der Waals surface area (Å²) in [7, 11) is 0. The topological polar surface area (TPSA) is 70.7 Å². The first kappa shape index (κ1) is 18.9. The van der Waals surface area contributed by atoms with E-state index in [-0.39, 0.29) is 22.1 Å². The number of para-hydroxylation sites is 1. The molecule has 0 aliphatic rings. The molecule has 1 amide bonds. The van der Waals surface area contributed by atoms with Crippen molar-refractivity contribution >= 4 is 34.2 Å². The van der Waals surface area contributed by atoms with E-state index >= 15 is 0 Å². The van der Waals surface area contributed by atoms with Crippen molar-refractivity contribution in [2.75, 3.05) is 5.32 Å². The summed E-state index contributed by atoms with van der Waals surface area (Å²) in [6.45, 7) is 0. The van der Waals surface area contributed by atoms with Gasteiger partial charge in [-0.2, -0.15) is 13.2 Å². The lowest BCUT2D eigenvalue weighted by Gasteiger charge is -2.11. The number of hydrogen-bond donors (Lipinski definition) is 2. The van der Waals surface area contributed by atoms with Gasteiger partial charge in [-0.25, -0.2) is 4.98 Å². The van der Waals surface area contributed by atoms with Crippen LogP contribution in [0.5, 0.6) is 0 Å². The molecule has 2 N–H and O–H groups in total. The molecule has 0 fully saturated rings. The third-order valence-corrected chi connectivity index (χ3v) is 4.44. The van der Waals surface area contributed by atoms with Crippen molar-refractivity contribution in [1.29, 1.82) is 0 Å². The average molecular weight is 417 g/mol. The van der Waals surface area contributed by atoms with Crippen molar-refractivity contribution in [2.45, 2.75) is 6.18 Å². The lowest BCUT2D eigenvalue weighted by Crippen LogP contribution is -2.13. The van der Waals surface area contributed by atoms with Gasteiger partial charge in [0.25, 0.3) is 5.91 Å². The van der Waals surface area contributed by atoms with Gasteiger partial charge in [0.05, 0.1) is 16.8 Å². The number of aromatic amines is 1. The highest BCUT2D eigenvalue weighted by Gasteiger charge is 2.34. The number of imidazole rings is 1. The molecule has 4 rings (SSSR count). The molecular formula is C20H12ClF3N4O. The molecule has 0 saturated carbocycles. The Bertz CT molecular complexity index is 1210. The fourth-order valence-corrected chi connectivity index (χ4v) is 3.07. The summed E-state index contributed by atoms with van der Waals surface area (Å²) < 4.78 is 40.3. The minimum absolute atomic E-state index is 0.0172. The zero-order valence-electron chi connectivity index (χ0n) is 14.6. The highest BCUT2D eigenvalue weighted by Crippen LogP contribution is 2.38. The maximum absolute atomic E-state index is 13.4. The minimum atomic E-state index is -4.60. The van der Waals surface area contributed by atoms with Gasteiger partial charge in [-0.15, -0.1) is 0 Å². The van der Waals surface area contributed by atoms with Crippen molar-refractivity contribution in [1.82, 2.24) is 15.0 Å². The lowest BCUT2D eigenvalue weighted by atomic mass is 10.1. The van der Waals surface area contributed by atoms with Gasteiger partial charge in [0, 0.05) is 16.8 Å². The number of fused-ring (bicyclic) bond motifs is 1. The first-order chi connectivity index (χ1) is 13.8. The molecule has 4 aromatic rings. The molecule has 0 saturated heterocycles. The first-order valence-corrected chi connectivity index (χ1v) is 8.79. The van der Waals surface area contributed by atoms with Gasteiger partial charge in [0.15, 0.2) is 0 Å². The number of anilines is 1. The number of hydrogen-bond acceptors (Lipinski definition) is 3. The monoisotopic (exact) mass is 416 g/mol. The Kier molecular flexibility index (Phi) is 4.71. The lowest BCUT2D eigenvalue weighted by molar-refractivity contribution is -0.137. The van der Waals surface area contributed by atoms with Crippen LogP contribution in [0.1, 0.15) is 16.1 Å². The summed E-state index contributed by atoms with van der Waals surface area (Å²) in [5.41, 5.74) is 0.320. The van der Waals surface area contributed by atoms with Crippen molar-refractivity contribution in [3.63, 3.8) is 0 Å². The van der Waals surface area contributed by atoms with Gasteiger partial charge in [-0.3, -0.25) is 9.78 Å². The van der Waals surface area contributed by atoms with Crippen LogP contribution in [0.15, 0.2) is 60.8 Å². The second kappa shape index (κ2) is 7.21. The Morgan fingerprint density at radius 3 is 2.62 bits per heavy atom. The van der Waals surface area contributed by atoms with Crippen LogP contribution in [0, 0.1) is 0 Å². The van der Waals surface area contributed by atoms with Gasteiger partial charge in [0.1, 0.15) is 17.0 Å². The number of nitrogens with zero attached hydrogens (tertiary/aromatic N) is 2. The number of carbonyl (C=O) groups excluding carboxylic acids is 1. The first-order valence-electron chi connectivity index (χ1n) is 8.41. The highest BCUT2D eigenvalue weighted by molar-refractivity contribution is 6.30. The number of aromatic nitrogens is 3. The van der Waals surface area contributed by atoms with Gasteiger partial charge in [-0.05, 0) is 42.5 Å². The predicted octanol–water partition coefficient (Wildman–Crippen LogP) is 5.55. The third kappa shape index (κ3) is 3.79. The molecule has 0 bridgehead atoms. The fraction of sp³-hybridized carbons (Fsp3) is 0.0500. The van der Waals surface area contributed by atoms with Crippen LogP contribution in [-0.4, -0.2) is 20.9 Å². The van der Waals surface area contributed by atoms with Crippen LogP contribution in [0.25, 0.3) is 22.4 Å². The second-order valence-electron chi connectivity index (χ2n) is 6.14. The Morgan fingerprint density at radius 1 is 1.07 bits per heavy atom. The van der Waals surface area contributed by atoms with Crippen LogP contribution in [0.3, 0.4) is 0 Å². The van der Waals surface area contributed by atoms with E-state index in [4.69, 9.17) is 11.6 Å². The zero-order valence-corrected chi connectivity index (χ0v) is 15.3. The summed E-state index contributed by atoms with van der Waals surface area (Å²) in [5.74, 6) is -0.436. The Morgan fingerprint density at radius 2 is 1.90 bits per heavy atom. The maximum Gasteiger partial charge on any atom is 0.417 e. The molecule has 0 aliphatic carbocycles. The van der Waals surface area contributed by atoms with E-state index in [0.29, 0.717) is 16.7 Å². The van der Waals surface area contributed by atoms with E-state index < -0.39 is 17.6 Å². The van der Waals surface area contributed by atoms with Crippen molar-refractivity contribution in [3.8, 4) is 11.4 Å². The third-order valence-electron chi connectivity index (χ3n) is 4.20. The molecule has 29 heavy (non-hydrogen) atoms. The molecule has 2 aromatic heterocycles. The SMILES string of the molecule is O=C(Nc1cccc2[nH]c(-c3ccc(Cl)cc3C(F)(F)F)nc12)c1ccccn1. The van der Waals surface area contributed by atoms with Crippen molar-refractivity contribution in [2.24, 2.45) is 0 Å². The Balaban J connectivity index is 1.77. The molecule has 2 heterocycles. The van der Waals surface area contributed by atoms with E-state index in [9.17, 15) is 18.0 Å². The summed E-state index contributed by atoms with van der Waals surface area (Å²) in [6.07, 6.45) is -3.11. The largest absolute Gasteiger partial charge is 0.417 e. The number of benzene rings is 2. The summed E-state index contributed by atoms with van der Waals surface area (Å²) in [6, 6.07) is 13.3. The molecular weight excluding hydrogens is 405 g/mol. The molecule has 146 valence electrons. The average Bonchev–Trinajstić information content (AvgIpc) is 3.13. The second-order valence-corrected chi connectivity index (χ2v) is 6.58. The molecule has 0 aliphatic heterocycles. The van der Waals surface area contributed by atoms with Gasteiger partial charge >= 0.3 is 6.18 Å². The smallest absolute Gasteiger partial charge is 0.338 e. The molecule has 5 nitrogen and oxygen atoms in total. The van der Waals surface area contributed by atoms with E-state index in [2.05, 4.69) is 20.3 Å². The number of amides is 1. The van der Waals surface area contributed by atoms with Crippen LogP contribution in [-0.2, 0) is 6.18 Å². The van der Waals surface area contributed by atoms with Crippen LogP contribution in [0.2, 0.25) is 5.02 Å². The molecule has 9 heteroatoms. The number of pyridine rings is 1. The van der Waals surface area contributed by atoms with Crippen molar-refractivity contribution < 1.29 is 18.0 Å². The predicted molar refractivity (Wildman–Crippen MR) is 104 cm³/mol. The van der Waals surface area contributed by atoms with Gasteiger partial charge in [0.2, 0.25) is 0 Å². The van der Waals surface area contributed by atoms with E-state index in [1.807, 2.05) is 0 Å². The summed E-state index contributed by atoms with van der Waals surface area (Å²) >= 11 is 5.75. The maximum atomic E-state index is 13.4. The van der Waals surface area contributed by atoms with Gasteiger partial charge < -0.3 is 10.3 Å². The standard InChI is InChI=1S/C20H12ClF3N4O/c21-11-7-8-12(13(10-11)20(22,23)24)18-26-14-5-3-6-15(17(14)28-18)27-19(29)16-4-1-2-9-25-16/h1-10H,(H,26,28)(H,27,29). The molecule has 0 atom stereocenters. The number of rotatable bonds is 3. The molecule has 0 radical (unpaired) electrons. The quantitative estimate of drug-likeness (QED) is 0.460. The Labute approximate surface area is 167 Å². The fourth-order valence-electron chi connectivity index (χ4n) is 2.90. The number of nitrogens with one attached hydrogen (secondary N) is 2. The molecule has 2 aromatic carbocycles. The van der Waals surface area contributed by atoms with E-state index in [0.717, 1.165) is 6.07 Å². The van der Waals surface area contributed by atoms with E-state index in [1.54, 1.807) is 36.4 Å². The number of halogens is 4. The number of alkyl halides is 3. The van der Waals surface area contributed by atoms with E-state index in [1.165, 1.54) is 18.3 Å². The van der Waals surface area contributed by atoms with Crippen LogP contribution < -0.4 is 5.32 Å². The van der Waals surface area contributed by atoms with Gasteiger partial charge in [-0.1, -0.05) is 23.7 Å². The number of H-pyrrole nitrogens is 1. The molecule has 0 spiro atoms. The summed E-state index contributed by atoms with van der Waals surface area (Å²) in [4.78, 5) is 23.5. The Hall–Kier alpha value is -3.39. The zero-order chi connectivity index (χ0) is 20.6.